The maximum atomic E-state index is 13.9. The molecule has 1 amide bonds. The number of carbonyl (C=O) groups is 2. The first kappa shape index (κ1) is 28.8. The molecule has 2 N–H and O–H groups in total. The first-order valence-electron chi connectivity index (χ1n) is 14.6. The van der Waals surface area contributed by atoms with Crippen molar-refractivity contribution in [3.8, 4) is 11.8 Å². The van der Waals surface area contributed by atoms with Gasteiger partial charge in [0.2, 0.25) is 0 Å². The summed E-state index contributed by atoms with van der Waals surface area (Å²) in [7, 11) is 0. The Morgan fingerprint density at radius 2 is 1.90 bits per heavy atom. The van der Waals surface area contributed by atoms with Crippen LogP contribution in [0.5, 0.6) is 5.75 Å². The number of rotatable bonds is 15. The van der Waals surface area contributed by atoms with Crippen molar-refractivity contribution in [2.24, 2.45) is 11.8 Å². The Bertz CT molecular complexity index is 1200. The smallest absolute Gasteiger partial charge is 0.252 e. The molecule has 2 aromatic rings. The van der Waals surface area contributed by atoms with E-state index >= 15 is 0 Å². The number of carbonyl (C=O) groups excluding carboxylic acids is 2. The van der Waals surface area contributed by atoms with E-state index in [4.69, 9.17) is 4.74 Å². The van der Waals surface area contributed by atoms with Crippen LogP contribution in [-0.4, -0.2) is 36.9 Å². The molecular formula is C33H43N3O3. The lowest BCUT2D eigenvalue weighted by molar-refractivity contribution is -0.120. The lowest BCUT2D eigenvalue weighted by atomic mass is 9.75. The number of benzene rings is 2. The summed E-state index contributed by atoms with van der Waals surface area (Å²) in [6.07, 6.45) is 5.95. The lowest BCUT2D eigenvalue weighted by Crippen LogP contribution is -2.46. The normalized spacial score (nSPS) is 20.4. The fraction of sp³-hybridized carbons (Fsp3) is 0.545. The Balaban J connectivity index is 1.64. The van der Waals surface area contributed by atoms with E-state index in [1.807, 2.05) is 56.3 Å². The quantitative estimate of drug-likeness (QED) is 0.311. The molecular weight excluding hydrogens is 486 g/mol. The molecule has 2 aliphatic rings. The van der Waals surface area contributed by atoms with E-state index in [2.05, 4.69) is 30.6 Å². The van der Waals surface area contributed by atoms with Gasteiger partial charge in [-0.15, -0.1) is 0 Å². The van der Waals surface area contributed by atoms with Crippen molar-refractivity contribution in [2.45, 2.75) is 90.1 Å². The van der Waals surface area contributed by atoms with Crippen molar-refractivity contribution in [2.75, 3.05) is 13.2 Å². The number of hydrogen-bond donors (Lipinski definition) is 2. The summed E-state index contributed by atoms with van der Waals surface area (Å²) in [5, 5.41) is 16.6. The molecule has 0 aromatic heterocycles. The van der Waals surface area contributed by atoms with Crippen LogP contribution in [0.2, 0.25) is 0 Å². The van der Waals surface area contributed by atoms with Crippen molar-refractivity contribution >= 4 is 11.7 Å². The first-order valence-corrected chi connectivity index (χ1v) is 14.6. The largest absolute Gasteiger partial charge is 0.493 e. The molecule has 4 atom stereocenters. The minimum absolute atomic E-state index is 0.0296. The highest BCUT2D eigenvalue weighted by atomic mass is 16.5. The predicted octanol–water partition coefficient (Wildman–Crippen LogP) is 5.66. The zero-order valence-electron chi connectivity index (χ0n) is 23.9. The zero-order chi connectivity index (χ0) is 28.0. The van der Waals surface area contributed by atoms with Gasteiger partial charge in [0.05, 0.1) is 30.7 Å². The van der Waals surface area contributed by atoms with Gasteiger partial charge < -0.3 is 15.4 Å². The van der Waals surface area contributed by atoms with E-state index < -0.39 is 11.5 Å². The second-order valence-electron chi connectivity index (χ2n) is 11.6. The van der Waals surface area contributed by atoms with E-state index in [9.17, 15) is 14.9 Å². The number of amides is 1. The molecule has 0 bridgehead atoms. The van der Waals surface area contributed by atoms with Crippen LogP contribution in [-0.2, 0) is 16.6 Å². The molecule has 208 valence electrons. The second kappa shape index (κ2) is 12.8. The molecule has 0 heterocycles. The molecule has 2 aromatic carbocycles. The topological polar surface area (TPSA) is 91.2 Å². The molecule has 4 rings (SSSR count). The van der Waals surface area contributed by atoms with Crippen LogP contribution in [0.25, 0.3) is 0 Å². The van der Waals surface area contributed by atoms with Gasteiger partial charge in [0, 0.05) is 17.2 Å². The lowest BCUT2D eigenvalue weighted by Gasteiger charge is -2.28. The van der Waals surface area contributed by atoms with Crippen LogP contribution in [0.15, 0.2) is 42.5 Å². The Kier molecular flexibility index (Phi) is 9.45. The number of ketones is 1. The molecule has 4 unspecified atom stereocenters. The Labute approximate surface area is 233 Å². The number of nitrogens with zero attached hydrogens (tertiary/aromatic N) is 1. The van der Waals surface area contributed by atoms with Gasteiger partial charge in [-0.25, -0.2) is 0 Å². The summed E-state index contributed by atoms with van der Waals surface area (Å²) in [5.41, 5.74) is 2.32. The van der Waals surface area contributed by atoms with Gasteiger partial charge in [0.15, 0.2) is 5.78 Å². The van der Waals surface area contributed by atoms with Crippen molar-refractivity contribution in [1.29, 1.82) is 5.26 Å². The number of hydrogen-bond acceptors (Lipinski definition) is 5. The van der Waals surface area contributed by atoms with Gasteiger partial charge in [0.1, 0.15) is 5.75 Å². The highest BCUT2D eigenvalue weighted by molar-refractivity contribution is 6.00. The SMILES string of the molecule is CCCC(C#N)(CC)c1cc(OCC2CC2C)c(C)c(C(=O)NC(Cc2ccccc2)C(=O)CNC2CC2)c1. The number of ether oxygens (including phenoxy) is 1. The fourth-order valence-electron chi connectivity index (χ4n) is 5.32. The van der Waals surface area contributed by atoms with Gasteiger partial charge in [-0.3, -0.25) is 9.59 Å². The van der Waals surface area contributed by atoms with Crippen LogP contribution >= 0.6 is 0 Å². The zero-order valence-corrected chi connectivity index (χ0v) is 23.9. The molecule has 39 heavy (non-hydrogen) atoms. The number of Topliss-reactive ketones (excluding diaryl/α,β-unsaturated/α-hetero) is 1. The van der Waals surface area contributed by atoms with Gasteiger partial charge in [-0.1, -0.05) is 57.5 Å². The minimum atomic E-state index is -0.699. The van der Waals surface area contributed by atoms with Gasteiger partial charge >= 0.3 is 0 Å². The minimum Gasteiger partial charge on any atom is -0.493 e. The maximum Gasteiger partial charge on any atom is 0.252 e. The van der Waals surface area contributed by atoms with Crippen LogP contribution in [0.1, 0.15) is 86.3 Å². The highest BCUT2D eigenvalue weighted by Crippen LogP contribution is 2.40. The summed E-state index contributed by atoms with van der Waals surface area (Å²) in [4.78, 5) is 27.1. The molecule has 6 heteroatoms. The highest BCUT2D eigenvalue weighted by Gasteiger charge is 2.35. The molecule has 2 fully saturated rings. The maximum absolute atomic E-state index is 13.9. The number of nitriles is 1. The first-order chi connectivity index (χ1) is 18.8. The van der Waals surface area contributed by atoms with Crippen molar-refractivity contribution in [1.82, 2.24) is 10.6 Å². The van der Waals surface area contributed by atoms with E-state index in [-0.39, 0.29) is 18.2 Å². The van der Waals surface area contributed by atoms with Crippen LogP contribution in [0.4, 0.5) is 0 Å². The van der Waals surface area contributed by atoms with E-state index in [1.165, 1.54) is 0 Å². The van der Waals surface area contributed by atoms with Crippen molar-refractivity contribution in [3.05, 3.63) is 64.7 Å². The molecule has 0 radical (unpaired) electrons. The van der Waals surface area contributed by atoms with E-state index in [1.54, 1.807) is 0 Å². The predicted molar refractivity (Wildman–Crippen MR) is 154 cm³/mol. The summed E-state index contributed by atoms with van der Waals surface area (Å²) < 4.78 is 6.28. The third kappa shape index (κ3) is 7.28. The Morgan fingerprint density at radius 1 is 1.18 bits per heavy atom. The van der Waals surface area contributed by atoms with Crippen LogP contribution in [0.3, 0.4) is 0 Å². The van der Waals surface area contributed by atoms with Crippen LogP contribution in [0, 0.1) is 30.1 Å². The van der Waals surface area contributed by atoms with E-state index in [0.29, 0.717) is 55.1 Å². The van der Waals surface area contributed by atoms with Crippen LogP contribution < -0.4 is 15.4 Å². The Morgan fingerprint density at radius 3 is 2.49 bits per heavy atom. The van der Waals surface area contributed by atoms with Gasteiger partial charge in [-0.05, 0) is 80.5 Å². The Hall–Kier alpha value is -3.17. The van der Waals surface area contributed by atoms with Gasteiger partial charge in [0.25, 0.3) is 5.91 Å². The molecule has 2 aliphatic carbocycles. The average Bonchev–Trinajstić information content (AvgIpc) is 3.88. The summed E-state index contributed by atoms with van der Waals surface area (Å²) >= 11 is 0. The molecule has 2 saturated carbocycles. The van der Waals surface area contributed by atoms with Crippen molar-refractivity contribution < 1.29 is 14.3 Å². The van der Waals surface area contributed by atoms with Crippen molar-refractivity contribution in [3.63, 3.8) is 0 Å². The third-order valence-electron chi connectivity index (χ3n) is 8.50. The summed E-state index contributed by atoms with van der Waals surface area (Å²) in [6, 6.07) is 15.9. The molecule has 0 spiro atoms. The monoisotopic (exact) mass is 529 g/mol. The van der Waals surface area contributed by atoms with Gasteiger partial charge in [-0.2, -0.15) is 5.26 Å². The molecule has 0 saturated heterocycles. The fourth-order valence-corrected chi connectivity index (χ4v) is 5.32. The average molecular weight is 530 g/mol. The standard InChI is InChI=1S/C33H43N3O3/c1-5-14-33(6-2,21-34)26-17-28(23(4)31(18-26)39-20-25-15-22(25)3)32(38)36-29(16-24-10-8-7-9-11-24)30(37)19-35-27-12-13-27/h7-11,17-18,22,25,27,29,35H,5-6,12-16,19-20H2,1-4H3,(H,36,38). The number of nitrogens with one attached hydrogen (secondary N) is 2. The third-order valence-corrected chi connectivity index (χ3v) is 8.50. The molecule has 0 aliphatic heterocycles. The second-order valence-corrected chi connectivity index (χ2v) is 11.6. The summed E-state index contributed by atoms with van der Waals surface area (Å²) in [5.74, 6) is 1.50. The summed E-state index contributed by atoms with van der Waals surface area (Å²) in [6.45, 7) is 9.05. The molecule has 6 nitrogen and oxygen atoms in total. The van der Waals surface area contributed by atoms with E-state index in [0.717, 1.165) is 42.4 Å².